The Hall–Kier alpha value is -3.26. The van der Waals surface area contributed by atoms with E-state index < -0.39 is 0 Å². The lowest BCUT2D eigenvalue weighted by Gasteiger charge is -2.17. The van der Waals surface area contributed by atoms with Gasteiger partial charge in [0.25, 0.3) is 0 Å². The fourth-order valence-electron chi connectivity index (χ4n) is 2.99. The minimum atomic E-state index is -0.197. The zero-order valence-electron chi connectivity index (χ0n) is 18.6. The molecule has 0 aliphatic heterocycles. The van der Waals surface area contributed by atoms with Crippen molar-refractivity contribution in [1.29, 1.82) is 0 Å². The molecular weight excluding hydrogens is 392 g/mol. The Morgan fingerprint density at radius 2 is 1.84 bits per heavy atom. The van der Waals surface area contributed by atoms with E-state index in [2.05, 4.69) is 25.2 Å². The number of rotatable bonds is 9. The van der Waals surface area contributed by atoms with Crippen LogP contribution in [0.3, 0.4) is 0 Å². The Morgan fingerprint density at radius 3 is 2.55 bits per heavy atom. The van der Waals surface area contributed by atoms with Crippen LogP contribution >= 0.6 is 0 Å². The molecule has 8 nitrogen and oxygen atoms in total. The fraction of sp³-hybridized carbons (Fsp3) is 0.391. The first-order chi connectivity index (χ1) is 15.0. The van der Waals surface area contributed by atoms with Crippen molar-refractivity contribution in [3.63, 3.8) is 0 Å². The number of amides is 2. The number of hydrogen-bond acceptors (Lipinski definition) is 6. The maximum absolute atomic E-state index is 12.2. The topological polar surface area (TPSA) is 83.5 Å². The summed E-state index contributed by atoms with van der Waals surface area (Å²) in [4.78, 5) is 29.3. The van der Waals surface area contributed by atoms with E-state index >= 15 is 0 Å². The van der Waals surface area contributed by atoms with E-state index in [4.69, 9.17) is 4.74 Å². The lowest BCUT2D eigenvalue weighted by molar-refractivity contribution is 0.247. The number of ether oxygens (including phenoxy) is 1. The van der Waals surface area contributed by atoms with Crippen LogP contribution in [0, 0.1) is 0 Å². The van der Waals surface area contributed by atoms with Gasteiger partial charge in [0.2, 0.25) is 5.88 Å². The number of carbonyl (C=O) groups excluding carboxylic acids is 1. The van der Waals surface area contributed by atoms with Crippen molar-refractivity contribution in [1.82, 2.24) is 25.2 Å². The molecule has 0 spiro atoms. The van der Waals surface area contributed by atoms with Crippen molar-refractivity contribution >= 4 is 22.9 Å². The largest absolute Gasteiger partial charge is 0.478 e. The Bertz CT molecular complexity index is 1010. The molecule has 2 aromatic heterocycles. The number of aromatic nitrogens is 3. The zero-order chi connectivity index (χ0) is 22.2. The van der Waals surface area contributed by atoms with E-state index in [1.54, 1.807) is 19.4 Å². The maximum atomic E-state index is 12.2. The minimum Gasteiger partial charge on any atom is -0.478 e. The third-order valence-electron chi connectivity index (χ3n) is 4.77. The predicted molar refractivity (Wildman–Crippen MR) is 124 cm³/mol. The molecule has 0 fully saturated rings. The Balaban J connectivity index is 1.73. The second-order valence-corrected chi connectivity index (χ2v) is 7.61. The van der Waals surface area contributed by atoms with Gasteiger partial charge in [-0.2, -0.15) is 0 Å². The monoisotopic (exact) mass is 422 g/mol. The van der Waals surface area contributed by atoms with Gasteiger partial charge in [-0.15, -0.1) is 0 Å². The first-order valence-electron chi connectivity index (χ1n) is 10.5. The molecule has 0 aliphatic carbocycles. The highest BCUT2D eigenvalue weighted by atomic mass is 16.5. The highest BCUT2D eigenvalue weighted by molar-refractivity contribution is 5.91. The van der Waals surface area contributed by atoms with Crippen molar-refractivity contribution in [2.75, 3.05) is 45.7 Å². The zero-order valence-corrected chi connectivity index (χ0v) is 18.6. The van der Waals surface area contributed by atoms with Crippen molar-refractivity contribution in [2.45, 2.75) is 19.8 Å². The Labute approximate surface area is 183 Å². The first-order valence-corrected chi connectivity index (χ1v) is 10.5. The van der Waals surface area contributed by atoms with E-state index in [9.17, 15) is 4.79 Å². The van der Waals surface area contributed by atoms with Crippen LogP contribution in [0.15, 0.2) is 42.7 Å². The van der Waals surface area contributed by atoms with Crippen LogP contribution in [0.2, 0.25) is 0 Å². The molecule has 31 heavy (non-hydrogen) atoms. The molecule has 0 unspecified atom stereocenters. The van der Waals surface area contributed by atoms with Crippen molar-refractivity contribution in [3.05, 3.63) is 42.7 Å². The standard InChI is InChI=1S/C23H30N6O2/c1-5-11-24-23(30)29(4)21-16-25-19-9-7-17(14-20(19)27-21)18-8-10-22(26-15-18)31-13-6-12-28(2)3/h7-10,14-16H,5-6,11-13H2,1-4H3,(H,24,30). The quantitative estimate of drug-likeness (QED) is 0.531. The van der Waals surface area contributed by atoms with Gasteiger partial charge < -0.3 is 15.0 Å². The molecule has 3 aromatic rings. The average Bonchev–Trinajstić information content (AvgIpc) is 2.79. The predicted octanol–water partition coefficient (Wildman–Crippen LogP) is 3.58. The molecule has 1 aromatic carbocycles. The highest BCUT2D eigenvalue weighted by Crippen LogP contribution is 2.24. The highest BCUT2D eigenvalue weighted by Gasteiger charge is 2.13. The summed E-state index contributed by atoms with van der Waals surface area (Å²) in [6, 6.07) is 9.53. The lowest BCUT2D eigenvalue weighted by Crippen LogP contribution is -2.38. The molecule has 0 bridgehead atoms. The second-order valence-electron chi connectivity index (χ2n) is 7.61. The van der Waals surface area contributed by atoms with Crippen LogP contribution < -0.4 is 15.0 Å². The molecule has 3 rings (SSSR count). The third-order valence-corrected chi connectivity index (χ3v) is 4.77. The van der Waals surface area contributed by atoms with Gasteiger partial charge in [0.1, 0.15) is 0 Å². The van der Waals surface area contributed by atoms with E-state index in [1.807, 2.05) is 51.4 Å². The number of benzene rings is 1. The number of anilines is 1. The summed E-state index contributed by atoms with van der Waals surface area (Å²) in [7, 11) is 5.78. The Morgan fingerprint density at radius 1 is 1.03 bits per heavy atom. The normalized spacial score (nSPS) is 11.0. The number of fused-ring (bicyclic) bond motifs is 1. The van der Waals surface area contributed by atoms with E-state index in [0.717, 1.165) is 36.0 Å². The van der Waals surface area contributed by atoms with Gasteiger partial charge in [0.05, 0.1) is 23.8 Å². The minimum absolute atomic E-state index is 0.197. The molecule has 0 saturated heterocycles. The molecule has 0 aliphatic rings. The number of nitrogens with one attached hydrogen (secondary N) is 1. The first kappa shape index (κ1) is 22.4. The molecule has 0 radical (unpaired) electrons. The number of nitrogens with zero attached hydrogens (tertiary/aromatic N) is 5. The summed E-state index contributed by atoms with van der Waals surface area (Å²) >= 11 is 0. The van der Waals surface area contributed by atoms with Gasteiger partial charge in [-0.1, -0.05) is 13.0 Å². The molecule has 0 atom stereocenters. The molecule has 8 heteroatoms. The molecule has 2 amide bonds. The number of hydrogen-bond donors (Lipinski definition) is 1. The molecular formula is C23H30N6O2. The van der Waals surface area contributed by atoms with Crippen LogP contribution in [-0.4, -0.2) is 66.7 Å². The molecule has 164 valence electrons. The average molecular weight is 423 g/mol. The number of pyridine rings is 1. The summed E-state index contributed by atoms with van der Waals surface area (Å²) in [6.07, 6.45) is 5.23. The smallest absolute Gasteiger partial charge is 0.322 e. The molecule has 1 N–H and O–H groups in total. The van der Waals surface area contributed by atoms with Gasteiger partial charge in [-0.05, 0) is 50.7 Å². The Kier molecular flexibility index (Phi) is 7.72. The van der Waals surface area contributed by atoms with Crippen LogP contribution in [0.4, 0.5) is 10.6 Å². The van der Waals surface area contributed by atoms with Gasteiger partial charge in [0.15, 0.2) is 5.82 Å². The van der Waals surface area contributed by atoms with Gasteiger partial charge in [-0.3, -0.25) is 9.88 Å². The van der Waals surface area contributed by atoms with E-state index in [-0.39, 0.29) is 6.03 Å². The maximum Gasteiger partial charge on any atom is 0.322 e. The van der Waals surface area contributed by atoms with Crippen molar-refractivity contribution in [2.24, 2.45) is 0 Å². The number of carbonyl (C=O) groups is 1. The van der Waals surface area contributed by atoms with Gasteiger partial charge in [0, 0.05) is 38.0 Å². The summed E-state index contributed by atoms with van der Waals surface area (Å²) in [5.74, 6) is 1.11. The van der Waals surface area contributed by atoms with Crippen LogP contribution in [0.1, 0.15) is 19.8 Å². The molecule has 0 saturated carbocycles. The van der Waals surface area contributed by atoms with Crippen LogP contribution in [0.25, 0.3) is 22.2 Å². The van der Waals surface area contributed by atoms with Gasteiger partial charge >= 0.3 is 6.03 Å². The summed E-state index contributed by atoms with van der Waals surface area (Å²) in [6.45, 7) is 4.25. The van der Waals surface area contributed by atoms with E-state index in [0.29, 0.717) is 30.4 Å². The summed E-state index contributed by atoms with van der Waals surface area (Å²) < 4.78 is 5.71. The lowest BCUT2D eigenvalue weighted by atomic mass is 10.1. The van der Waals surface area contributed by atoms with Crippen molar-refractivity contribution < 1.29 is 9.53 Å². The fourth-order valence-corrected chi connectivity index (χ4v) is 2.99. The summed E-state index contributed by atoms with van der Waals surface area (Å²) in [5, 5.41) is 2.84. The molecule has 2 heterocycles. The van der Waals surface area contributed by atoms with Crippen molar-refractivity contribution in [3.8, 4) is 17.0 Å². The SMILES string of the molecule is CCCNC(=O)N(C)c1cnc2ccc(-c3ccc(OCCCN(C)C)nc3)cc2n1. The number of urea groups is 1. The second kappa shape index (κ2) is 10.7. The van der Waals surface area contributed by atoms with Gasteiger partial charge in [-0.25, -0.2) is 14.8 Å². The third kappa shape index (κ3) is 6.11. The van der Waals surface area contributed by atoms with E-state index in [1.165, 1.54) is 4.90 Å². The van der Waals surface area contributed by atoms with Crippen LogP contribution in [-0.2, 0) is 0 Å². The van der Waals surface area contributed by atoms with Crippen LogP contribution in [0.5, 0.6) is 5.88 Å². The summed E-state index contributed by atoms with van der Waals surface area (Å²) in [5.41, 5.74) is 3.42.